The summed E-state index contributed by atoms with van der Waals surface area (Å²) in [5.74, 6) is 0.612. The van der Waals surface area contributed by atoms with Crippen molar-refractivity contribution in [2.75, 3.05) is 19.0 Å². The van der Waals surface area contributed by atoms with Crippen LogP contribution in [0.2, 0.25) is 0 Å². The molecule has 1 aliphatic carbocycles. The molecule has 0 bridgehead atoms. The standard InChI is InChI=1S/C15H23N3O2/c1-18(2)14-10-11(8-9-16-14)15(20)17-12-6-4-3-5-7-13(12)19/h8-10,12-13,19H,3-7H2,1-2H3,(H,17,20). The van der Waals surface area contributed by atoms with E-state index in [0.717, 1.165) is 37.9 Å². The normalized spacial score (nSPS) is 22.9. The summed E-state index contributed by atoms with van der Waals surface area (Å²) >= 11 is 0. The highest BCUT2D eigenvalue weighted by molar-refractivity contribution is 5.95. The van der Waals surface area contributed by atoms with Gasteiger partial charge in [0.1, 0.15) is 5.82 Å². The van der Waals surface area contributed by atoms with E-state index in [4.69, 9.17) is 0 Å². The molecule has 2 N–H and O–H groups in total. The number of nitrogens with one attached hydrogen (secondary N) is 1. The first kappa shape index (κ1) is 14.8. The Kier molecular flexibility index (Phi) is 4.95. The molecule has 0 spiro atoms. The summed E-state index contributed by atoms with van der Waals surface area (Å²) in [7, 11) is 3.78. The maximum atomic E-state index is 12.3. The zero-order valence-corrected chi connectivity index (χ0v) is 12.2. The number of carbonyl (C=O) groups excluding carboxylic acids is 1. The first-order chi connectivity index (χ1) is 9.58. The zero-order valence-electron chi connectivity index (χ0n) is 12.2. The van der Waals surface area contributed by atoms with Gasteiger partial charge in [0.25, 0.3) is 5.91 Å². The van der Waals surface area contributed by atoms with Crippen molar-refractivity contribution < 1.29 is 9.90 Å². The Hall–Kier alpha value is -1.62. The number of nitrogens with zero attached hydrogens (tertiary/aromatic N) is 2. The summed E-state index contributed by atoms with van der Waals surface area (Å²) in [5.41, 5.74) is 0.583. The summed E-state index contributed by atoms with van der Waals surface area (Å²) in [6, 6.07) is 3.32. The van der Waals surface area contributed by atoms with Crippen molar-refractivity contribution in [1.82, 2.24) is 10.3 Å². The molecular weight excluding hydrogens is 254 g/mol. The number of rotatable bonds is 3. The van der Waals surface area contributed by atoms with Gasteiger partial charge < -0.3 is 15.3 Å². The molecule has 1 aromatic rings. The first-order valence-corrected chi connectivity index (χ1v) is 7.20. The Morgan fingerprint density at radius 1 is 1.35 bits per heavy atom. The van der Waals surface area contributed by atoms with Crippen molar-refractivity contribution in [3.63, 3.8) is 0 Å². The molecule has 20 heavy (non-hydrogen) atoms. The van der Waals surface area contributed by atoms with Gasteiger partial charge in [-0.05, 0) is 25.0 Å². The minimum atomic E-state index is -0.434. The summed E-state index contributed by atoms with van der Waals surface area (Å²) in [6.45, 7) is 0. The zero-order chi connectivity index (χ0) is 14.5. The molecule has 5 nitrogen and oxygen atoms in total. The predicted molar refractivity (Wildman–Crippen MR) is 78.9 cm³/mol. The van der Waals surface area contributed by atoms with Crippen molar-refractivity contribution in [3.8, 4) is 0 Å². The summed E-state index contributed by atoms with van der Waals surface area (Å²) in [5, 5.41) is 13.0. The Morgan fingerprint density at radius 2 is 2.10 bits per heavy atom. The molecule has 0 radical (unpaired) electrons. The lowest BCUT2D eigenvalue weighted by molar-refractivity contribution is 0.0818. The highest BCUT2D eigenvalue weighted by Gasteiger charge is 2.23. The topological polar surface area (TPSA) is 65.5 Å². The lowest BCUT2D eigenvalue weighted by Crippen LogP contribution is -2.42. The molecule has 1 amide bonds. The highest BCUT2D eigenvalue weighted by Crippen LogP contribution is 2.19. The van der Waals surface area contributed by atoms with Crippen molar-refractivity contribution in [2.24, 2.45) is 0 Å². The van der Waals surface area contributed by atoms with Gasteiger partial charge in [-0.3, -0.25) is 4.79 Å². The second-order valence-electron chi connectivity index (χ2n) is 5.58. The summed E-state index contributed by atoms with van der Waals surface area (Å²) < 4.78 is 0. The monoisotopic (exact) mass is 277 g/mol. The number of hydrogen-bond acceptors (Lipinski definition) is 4. The van der Waals surface area contributed by atoms with Crippen molar-refractivity contribution in [1.29, 1.82) is 0 Å². The van der Waals surface area contributed by atoms with Gasteiger partial charge in [-0.15, -0.1) is 0 Å². The minimum absolute atomic E-state index is 0.138. The SMILES string of the molecule is CN(C)c1cc(C(=O)NC2CCCCCC2O)ccn1. The van der Waals surface area contributed by atoms with Crippen LogP contribution in [0, 0.1) is 0 Å². The Balaban J connectivity index is 2.05. The van der Waals surface area contributed by atoms with Crippen LogP contribution < -0.4 is 10.2 Å². The molecule has 110 valence electrons. The number of aliphatic hydroxyl groups excluding tert-OH is 1. The van der Waals surface area contributed by atoms with Gasteiger partial charge in [0.15, 0.2) is 0 Å². The number of aliphatic hydroxyl groups is 1. The quantitative estimate of drug-likeness (QED) is 0.823. The molecule has 0 aliphatic heterocycles. The van der Waals surface area contributed by atoms with Crippen LogP contribution in [-0.4, -0.2) is 42.2 Å². The number of amides is 1. The fourth-order valence-electron chi connectivity index (χ4n) is 2.51. The lowest BCUT2D eigenvalue weighted by atomic mass is 10.1. The van der Waals surface area contributed by atoms with E-state index in [0.29, 0.717) is 5.56 Å². The number of hydrogen-bond donors (Lipinski definition) is 2. The first-order valence-electron chi connectivity index (χ1n) is 7.20. The molecule has 5 heteroatoms. The molecule has 1 aromatic heterocycles. The van der Waals surface area contributed by atoms with E-state index in [9.17, 15) is 9.90 Å². The van der Waals surface area contributed by atoms with Crippen LogP contribution in [0.3, 0.4) is 0 Å². The fourth-order valence-corrected chi connectivity index (χ4v) is 2.51. The van der Waals surface area contributed by atoms with Crippen LogP contribution in [0.15, 0.2) is 18.3 Å². The summed E-state index contributed by atoms with van der Waals surface area (Å²) in [6.07, 6.45) is 6.03. The van der Waals surface area contributed by atoms with Crippen LogP contribution >= 0.6 is 0 Å². The van der Waals surface area contributed by atoms with Crippen LogP contribution in [0.1, 0.15) is 42.5 Å². The summed E-state index contributed by atoms with van der Waals surface area (Å²) in [4.78, 5) is 18.3. The molecular formula is C15H23N3O2. The molecule has 0 aromatic carbocycles. The van der Waals surface area contributed by atoms with E-state index < -0.39 is 6.10 Å². The van der Waals surface area contributed by atoms with Crippen molar-refractivity contribution >= 4 is 11.7 Å². The highest BCUT2D eigenvalue weighted by atomic mass is 16.3. The van der Waals surface area contributed by atoms with Gasteiger partial charge in [0, 0.05) is 25.9 Å². The van der Waals surface area contributed by atoms with E-state index in [1.54, 1.807) is 18.3 Å². The molecule has 1 fully saturated rings. The average molecular weight is 277 g/mol. The van der Waals surface area contributed by atoms with Gasteiger partial charge in [-0.25, -0.2) is 4.98 Å². The van der Waals surface area contributed by atoms with Gasteiger partial charge in [0.2, 0.25) is 0 Å². The minimum Gasteiger partial charge on any atom is -0.391 e. The Labute approximate surface area is 120 Å². The predicted octanol–water partition coefficient (Wildman–Crippen LogP) is 1.57. The van der Waals surface area contributed by atoms with Crippen LogP contribution in [0.5, 0.6) is 0 Å². The molecule has 2 rings (SSSR count). The molecule has 2 atom stereocenters. The number of carbonyl (C=O) groups is 1. The maximum absolute atomic E-state index is 12.3. The van der Waals surface area contributed by atoms with Crippen molar-refractivity contribution in [3.05, 3.63) is 23.9 Å². The van der Waals surface area contributed by atoms with Crippen LogP contribution in [-0.2, 0) is 0 Å². The molecule has 2 unspecified atom stereocenters. The van der Waals surface area contributed by atoms with E-state index in [1.165, 1.54) is 0 Å². The third-order valence-electron chi connectivity index (χ3n) is 3.76. The second kappa shape index (κ2) is 6.70. The van der Waals surface area contributed by atoms with Gasteiger partial charge in [-0.2, -0.15) is 0 Å². The van der Waals surface area contributed by atoms with Crippen molar-refractivity contribution in [2.45, 2.75) is 44.2 Å². The van der Waals surface area contributed by atoms with E-state index in [-0.39, 0.29) is 11.9 Å². The Bertz CT molecular complexity index is 462. The van der Waals surface area contributed by atoms with Crippen LogP contribution in [0.25, 0.3) is 0 Å². The Morgan fingerprint density at radius 3 is 2.85 bits per heavy atom. The number of anilines is 1. The van der Waals surface area contributed by atoms with Crippen LogP contribution in [0.4, 0.5) is 5.82 Å². The molecule has 1 aliphatic rings. The maximum Gasteiger partial charge on any atom is 0.251 e. The van der Waals surface area contributed by atoms with E-state index >= 15 is 0 Å². The average Bonchev–Trinajstić information content (AvgIpc) is 2.64. The molecule has 0 saturated heterocycles. The van der Waals surface area contributed by atoms with E-state index in [2.05, 4.69) is 10.3 Å². The van der Waals surface area contributed by atoms with Gasteiger partial charge >= 0.3 is 0 Å². The lowest BCUT2D eigenvalue weighted by Gasteiger charge is -2.22. The van der Waals surface area contributed by atoms with Gasteiger partial charge in [-0.1, -0.05) is 19.3 Å². The fraction of sp³-hybridized carbons (Fsp3) is 0.600. The van der Waals surface area contributed by atoms with E-state index in [1.807, 2.05) is 19.0 Å². The third-order valence-corrected chi connectivity index (χ3v) is 3.76. The second-order valence-corrected chi connectivity index (χ2v) is 5.58. The number of pyridine rings is 1. The molecule has 1 saturated carbocycles. The third kappa shape index (κ3) is 3.70. The smallest absolute Gasteiger partial charge is 0.251 e. The van der Waals surface area contributed by atoms with Gasteiger partial charge in [0.05, 0.1) is 12.1 Å². The largest absolute Gasteiger partial charge is 0.391 e. The number of aromatic nitrogens is 1. The molecule has 1 heterocycles.